The van der Waals surface area contributed by atoms with Crippen LogP contribution in [0.25, 0.3) is 0 Å². The molecule has 0 aromatic heterocycles. The fourth-order valence-corrected chi connectivity index (χ4v) is 3.10. The summed E-state index contributed by atoms with van der Waals surface area (Å²) in [5.74, 6) is 0. The molecule has 0 radical (unpaired) electrons. The van der Waals surface area contributed by atoms with Crippen molar-refractivity contribution < 1.29 is 0 Å². The van der Waals surface area contributed by atoms with Crippen molar-refractivity contribution in [1.29, 1.82) is 0 Å². The molecule has 4 heteroatoms. The van der Waals surface area contributed by atoms with Gasteiger partial charge in [-0.1, -0.05) is 47.8 Å². The molecular formula is C17H18Cl3N. The van der Waals surface area contributed by atoms with Gasteiger partial charge in [-0.25, -0.2) is 0 Å². The van der Waals surface area contributed by atoms with E-state index in [2.05, 4.69) is 25.2 Å². The zero-order chi connectivity index (χ0) is 15.4. The van der Waals surface area contributed by atoms with Crippen LogP contribution in [-0.4, -0.2) is 6.54 Å². The van der Waals surface area contributed by atoms with E-state index in [4.69, 9.17) is 34.8 Å². The lowest BCUT2D eigenvalue weighted by atomic mass is 9.95. The number of aryl methyl sites for hydroxylation is 1. The van der Waals surface area contributed by atoms with E-state index in [0.29, 0.717) is 5.02 Å². The smallest absolute Gasteiger partial charge is 0.0439 e. The second-order valence-electron chi connectivity index (χ2n) is 5.05. The lowest BCUT2D eigenvalue weighted by Gasteiger charge is -2.21. The fraction of sp³-hybridized carbons (Fsp3) is 0.294. The number of hydrogen-bond donors (Lipinski definition) is 1. The lowest BCUT2D eigenvalue weighted by molar-refractivity contribution is 0.547. The lowest BCUT2D eigenvalue weighted by Crippen LogP contribution is -2.23. The maximum atomic E-state index is 6.29. The van der Waals surface area contributed by atoms with Crippen LogP contribution < -0.4 is 5.32 Å². The third kappa shape index (κ3) is 4.37. The highest BCUT2D eigenvalue weighted by molar-refractivity contribution is 6.33. The van der Waals surface area contributed by atoms with Crippen LogP contribution in [0.1, 0.15) is 29.7 Å². The maximum Gasteiger partial charge on any atom is 0.0439 e. The van der Waals surface area contributed by atoms with Gasteiger partial charge < -0.3 is 5.32 Å². The molecule has 0 spiro atoms. The maximum absolute atomic E-state index is 6.29. The zero-order valence-corrected chi connectivity index (χ0v) is 14.4. The summed E-state index contributed by atoms with van der Waals surface area (Å²) in [5, 5.41) is 5.72. The monoisotopic (exact) mass is 341 g/mol. The molecule has 0 heterocycles. The van der Waals surface area contributed by atoms with Crippen molar-refractivity contribution in [2.45, 2.75) is 26.3 Å². The Labute approximate surface area is 141 Å². The van der Waals surface area contributed by atoms with Crippen LogP contribution in [0, 0.1) is 6.92 Å². The van der Waals surface area contributed by atoms with E-state index in [1.165, 1.54) is 11.1 Å². The summed E-state index contributed by atoms with van der Waals surface area (Å²) in [6, 6.07) is 11.8. The van der Waals surface area contributed by atoms with Crippen molar-refractivity contribution in [1.82, 2.24) is 5.32 Å². The largest absolute Gasteiger partial charge is 0.310 e. The Balaban J connectivity index is 2.32. The molecule has 1 N–H and O–H groups in total. The Kier molecular flexibility index (Phi) is 5.95. The molecule has 0 saturated heterocycles. The molecule has 2 rings (SSSR count). The van der Waals surface area contributed by atoms with Gasteiger partial charge in [0.15, 0.2) is 0 Å². The predicted molar refractivity (Wildman–Crippen MR) is 92.8 cm³/mol. The molecule has 2 aromatic rings. The van der Waals surface area contributed by atoms with E-state index in [-0.39, 0.29) is 6.04 Å². The minimum Gasteiger partial charge on any atom is -0.310 e. The molecule has 1 atom stereocenters. The molecule has 112 valence electrons. The summed E-state index contributed by atoms with van der Waals surface area (Å²) >= 11 is 18.4. The van der Waals surface area contributed by atoms with Crippen molar-refractivity contribution in [3.05, 3.63) is 68.2 Å². The standard InChI is InChI=1S/C17H18Cl3N/c1-3-21-17(15-6-4-13(18)8-11(15)2)10-12-9-14(19)5-7-16(12)20/h4-9,17,21H,3,10H2,1-2H3. The Hall–Kier alpha value is -0.730. The number of halogens is 3. The Morgan fingerprint density at radius 3 is 2.33 bits per heavy atom. The van der Waals surface area contributed by atoms with Crippen molar-refractivity contribution in [2.75, 3.05) is 6.54 Å². The Morgan fingerprint density at radius 1 is 1.00 bits per heavy atom. The van der Waals surface area contributed by atoms with Crippen molar-refractivity contribution in [3.8, 4) is 0 Å². The number of benzene rings is 2. The van der Waals surface area contributed by atoms with Gasteiger partial charge in [-0.2, -0.15) is 0 Å². The third-order valence-electron chi connectivity index (χ3n) is 3.49. The van der Waals surface area contributed by atoms with E-state index in [0.717, 1.165) is 28.6 Å². The van der Waals surface area contributed by atoms with Crippen LogP contribution in [0.3, 0.4) is 0 Å². The highest BCUT2D eigenvalue weighted by atomic mass is 35.5. The summed E-state index contributed by atoms with van der Waals surface area (Å²) in [7, 11) is 0. The van der Waals surface area contributed by atoms with Gasteiger partial charge >= 0.3 is 0 Å². The van der Waals surface area contributed by atoms with Gasteiger partial charge in [0.2, 0.25) is 0 Å². The van der Waals surface area contributed by atoms with Crippen LogP contribution in [0.2, 0.25) is 15.1 Å². The second-order valence-corrected chi connectivity index (χ2v) is 6.33. The molecule has 0 saturated carbocycles. The minimum atomic E-state index is 0.184. The van der Waals surface area contributed by atoms with E-state index in [1.54, 1.807) is 0 Å². The molecule has 0 aliphatic rings. The van der Waals surface area contributed by atoms with Crippen molar-refractivity contribution in [2.24, 2.45) is 0 Å². The van der Waals surface area contributed by atoms with E-state index < -0.39 is 0 Å². The highest BCUT2D eigenvalue weighted by Gasteiger charge is 2.15. The second kappa shape index (κ2) is 7.51. The molecular weight excluding hydrogens is 325 g/mol. The molecule has 2 aromatic carbocycles. The van der Waals surface area contributed by atoms with Crippen molar-refractivity contribution >= 4 is 34.8 Å². The van der Waals surface area contributed by atoms with E-state index in [1.807, 2.05) is 30.3 Å². The first-order valence-corrected chi connectivity index (χ1v) is 8.08. The molecule has 0 bridgehead atoms. The van der Waals surface area contributed by atoms with E-state index >= 15 is 0 Å². The molecule has 0 aliphatic carbocycles. The summed E-state index contributed by atoms with van der Waals surface area (Å²) in [5.41, 5.74) is 3.45. The topological polar surface area (TPSA) is 12.0 Å². The average Bonchev–Trinajstić information content (AvgIpc) is 2.42. The SMILES string of the molecule is CCNC(Cc1cc(Cl)ccc1Cl)c1ccc(Cl)cc1C. The minimum absolute atomic E-state index is 0.184. The molecule has 1 unspecified atom stereocenters. The molecule has 0 amide bonds. The first-order chi connectivity index (χ1) is 10.0. The zero-order valence-electron chi connectivity index (χ0n) is 12.1. The predicted octanol–water partition coefficient (Wildman–Crippen LogP) is 5.85. The summed E-state index contributed by atoms with van der Waals surface area (Å²) in [4.78, 5) is 0. The number of hydrogen-bond acceptors (Lipinski definition) is 1. The van der Waals surface area contributed by atoms with Crippen LogP contribution in [-0.2, 0) is 6.42 Å². The molecule has 0 fully saturated rings. The molecule has 1 nitrogen and oxygen atoms in total. The van der Waals surface area contributed by atoms with Crippen LogP contribution in [0.4, 0.5) is 0 Å². The van der Waals surface area contributed by atoms with Crippen LogP contribution in [0.5, 0.6) is 0 Å². The van der Waals surface area contributed by atoms with Gasteiger partial charge in [0.1, 0.15) is 0 Å². The summed E-state index contributed by atoms with van der Waals surface area (Å²) in [6.45, 7) is 5.05. The van der Waals surface area contributed by atoms with Crippen molar-refractivity contribution in [3.63, 3.8) is 0 Å². The average molecular weight is 343 g/mol. The molecule has 21 heavy (non-hydrogen) atoms. The van der Waals surface area contributed by atoms with Crippen LogP contribution in [0.15, 0.2) is 36.4 Å². The number of nitrogens with one attached hydrogen (secondary N) is 1. The van der Waals surface area contributed by atoms with Gasteiger partial charge in [0.25, 0.3) is 0 Å². The quantitative estimate of drug-likeness (QED) is 0.719. The highest BCUT2D eigenvalue weighted by Crippen LogP contribution is 2.28. The van der Waals surface area contributed by atoms with Gasteiger partial charge in [-0.05, 0) is 66.9 Å². The number of rotatable bonds is 5. The molecule has 0 aliphatic heterocycles. The number of likely N-dealkylation sites (N-methyl/N-ethyl adjacent to an activating group) is 1. The van der Waals surface area contributed by atoms with Gasteiger partial charge in [-0.3, -0.25) is 0 Å². The first kappa shape index (κ1) is 16.6. The Bertz CT molecular complexity index is 625. The van der Waals surface area contributed by atoms with E-state index in [9.17, 15) is 0 Å². The first-order valence-electron chi connectivity index (χ1n) is 6.94. The van der Waals surface area contributed by atoms with Crippen LogP contribution >= 0.6 is 34.8 Å². The fourth-order valence-electron chi connectivity index (χ4n) is 2.49. The Morgan fingerprint density at radius 2 is 1.67 bits per heavy atom. The third-order valence-corrected chi connectivity index (χ3v) is 4.33. The van der Waals surface area contributed by atoms with Gasteiger partial charge in [0.05, 0.1) is 0 Å². The summed E-state index contributed by atoms with van der Waals surface area (Å²) < 4.78 is 0. The van der Waals surface area contributed by atoms with Gasteiger partial charge in [0, 0.05) is 21.1 Å². The van der Waals surface area contributed by atoms with Gasteiger partial charge in [-0.15, -0.1) is 0 Å². The normalized spacial score (nSPS) is 12.4. The summed E-state index contributed by atoms with van der Waals surface area (Å²) in [6.07, 6.45) is 0.787.